The number of nitrogens with one attached hydrogen (secondary N) is 1. The first-order valence-electron chi connectivity index (χ1n) is 5.20. The Morgan fingerprint density at radius 2 is 1.53 bits per heavy atom. The van der Waals surface area contributed by atoms with Crippen LogP contribution in [0.2, 0.25) is 0 Å². The van der Waals surface area contributed by atoms with Crippen molar-refractivity contribution in [1.82, 2.24) is 5.32 Å². The van der Waals surface area contributed by atoms with Crippen molar-refractivity contribution in [2.75, 3.05) is 7.05 Å². The summed E-state index contributed by atoms with van der Waals surface area (Å²) in [5.74, 6) is 0. The maximum Gasteiger partial charge on any atom is 0.0208 e. The Morgan fingerprint density at radius 1 is 0.867 bits per heavy atom. The van der Waals surface area contributed by atoms with Gasteiger partial charge in [-0.2, -0.15) is 0 Å². The molecule has 15 heavy (non-hydrogen) atoms. The van der Waals surface area contributed by atoms with Crippen molar-refractivity contribution < 1.29 is 0 Å². The van der Waals surface area contributed by atoms with Crippen LogP contribution in [0.25, 0.3) is 11.1 Å². The lowest BCUT2D eigenvalue weighted by molar-refractivity contribution is 0.819. The molecule has 1 N–H and O–H groups in total. The summed E-state index contributed by atoms with van der Waals surface area (Å²) in [6.07, 6.45) is 0. The number of hydrogen-bond acceptors (Lipinski definition) is 1. The molecule has 2 rings (SSSR count). The van der Waals surface area contributed by atoms with E-state index in [9.17, 15) is 0 Å². The molecule has 0 heterocycles. The first kappa shape index (κ1) is 9.94. The van der Waals surface area contributed by atoms with Crippen molar-refractivity contribution >= 4 is 0 Å². The zero-order valence-electron chi connectivity index (χ0n) is 8.90. The SMILES string of the molecule is CNCc1ccccc1-c1ccccc1. The minimum atomic E-state index is 0.908. The molecule has 0 aliphatic heterocycles. The van der Waals surface area contributed by atoms with Crippen LogP contribution in [-0.2, 0) is 6.54 Å². The van der Waals surface area contributed by atoms with Gasteiger partial charge in [-0.05, 0) is 23.7 Å². The quantitative estimate of drug-likeness (QED) is 0.797. The van der Waals surface area contributed by atoms with Gasteiger partial charge in [0.25, 0.3) is 0 Å². The molecule has 76 valence electrons. The molecule has 1 heteroatoms. The molecule has 0 unspecified atom stereocenters. The van der Waals surface area contributed by atoms with E-state index in [1.807, 2.05) is 13.1 Å². The molecule has 1 nitrogen and oxygen atoms in total. The van der Waals surface area contributed by atoms with Gasteiger partial charge < -0.3 is 5.32 Å². The molecular weight excluding hydrogens is 182 g/mol. The summed E-state index contributed by atoms with van der Waals surface area (Å²) in [4.78, 5) is 0. The van der Waals surface area contributed by atoms with E-state index < -0.39 is 0 Å². The highest BCUT2D eigenvalue weighted by Gasteiger charge is 2.01. The second-order valence-corrected chi connectivity index (χ2v) is 3.55. The zero-order valence-corrected chi connectivity index (χ0v) is 8.90. The van der Waals surface area contributed by atoms with Crippen molar-refractivity contribution in [3.8, 4) is 11.1 Å². The van der Waals surface area contributed by atoms with Crippen LogP contribution in [0.3, 0.4) is 0 Å². The zero-order chi connectivity index (χ0) is 10.5. The van der Waals surface area contributed by atoms with E-state index in [1.54, 1.807) is 0 Å². The van der Waals surface area contributed by atoms with Crippen LogP contribution in [0.15, 0.2) is 54.6 Å². The fraction of sp³-hybridized carbons (Fsp3) is 0.143. The largest absolute Gasteiger partial charge is 0.316 e. The molecule has 0 saturated carbocycles. The highest BCUT2D eigenvalue weighted by Crippen LogP contribution is 2.22. The molecule has 0 radical (unpaired) electrons. The van der Waals surface area contributed by atoms with Gasteiger partial charge in [0.15, 0.2) is 0 Å². The van der Waals surface area contributed by atoms with E-state index in [-0.39, 0.29) is 0 Å². The molecule has 0 aliphatic rings. The smallest absolute Gasteiger partial charge is 0.0208 e. The van der Waals surface area contributed by atoms with E-state index in [0.717, 1.165) is 6.54 Å². The van der Waals surface area contributed by atoms with Gasteiger partial charge in [0.1, 0.15) is 0 Å². The summed E-state index contributed by atoms with van der Waals surface area (Å²) < 4.78 is 0. The Kier molecular flexibility index (Phi) is 3.15. The molecule has 0 bridgehead atoms. The molecule has 0 aromatic heterocycles. The molecular formula is C14H15N. The van der Waals surface area contributed by atoms with E-state index in [4.69, 9.17) is 0 Å². The van der Waals surface area contributed by atoms with Crippen molar-refractivity contribution in [2.24, 2.45) is 0 Å². The molecule has 0 spiro atoms. The standard InChI is InChI=1S/C14H15N/c1-15-11-13-9-5-6-10-14(13)12-7-3-2-4-8-12/h2-10,15H,11H2,1H3. The van der Waals surface area contributed by atoms with Crippen LogP contribution < -0.4 is 5.32 Å². The first-order chi connectivity index (χ1) is 7.42. The van der Waals surface area contributed by atoms with Crippen LogP contribution in [0.4, 0.5) is 0 Å². The van der Waals surface area contributed by atoms with Crippen LogP contribution in [0.5, 0.6) is 0 Å². The van der Waals surface area contributed by atoms with Crippen LogP contribution in [-0.4, -0.2) is 7.05 Å². The van der Waals surface area contributed by atoms with Gasteiger partial charge in [0, 0.05) is 6.54 Å². The fourth-order valence-electron chi connectivity index (χ4n) is 1.76. The van der Waals surface area contributed by atoms with Crippen molar-refractivity contribution in [2.45, 2.75) is 6.54 Å². The lowest BCUT2D eigenvalue weighted by atomic mass is 10.00. The Hall–Kier alpha value is -1.60. The molecule has 0 saturated heterocycles. The average Bonchev–Trinajstić information content (AvgIpc) is 2.31. The Labute approximate surface area is 90.8 Å². The van der Waals surface area contributed by atoms with E-state index in [0.29, 0.717) is 0 Å². The third kappa shape index (κ3) is 2.25. The van der Waals surface area contributed by atoms with Gasteiger partial charge in [-0.25, -0.2) is 0 Å². The van der Waals surface area contributed by atoms with Crippen LogP contribution in [0, 0.1) is 0 Å². The summed E-state index contributed by atoms with van der Waals surface area (Å²) in [5.41, 5.74) is 3.93. The lowest BCUT2D eigenvalue weighted by Crippen LogP contribution is -2.06. The molecule has 0 fully saturated rings. The second-order valence-electron chi connectivity index (χ2n) is 3.55. The molecule has 2 aromatic carbocycles. The second kappa shape index (κ2) is 4.76. The lowest BCUT2D eigenvalue weighted by Gasteiger charge is -2.08. The summed E-state index contributed by atoms with van der Waals surface area (Å²) in [6.45, 7) is 0.908. The van der Waals surface area contributed by atoms with E-state index in [1.165, 1.54) is 16.7 Å². The Bertz CT molecular complexity index is 420. The monoisotopic (exact) mass is 197 g/mol. The van der Waals surface area contributed by atoms with E-state index >= 15 is 0 Å². The van der Waals surface area contributed by atoms with Crippen molar-refractivity contribution in [3.63, 3.8) is 0 Å². The summed E-state index contributed by atoms with van der Waals surface area (Å²) >= 11 is 0. The third-order valence-corrected chi connectivity index (χ3v) is 2.47. The van der Waals surface area contributed by atoms with Crippen LogP contribution in [0.1, 0.15) is 5.56 Å². The highest BCUT2D eigenvalue weighted by molar-refractivity contribution is 5.67. The predicted octanol–water partition coefficient (Wildman–Crippen LogP) is 3.07. The normalized spacial score (nSPS) is 10.2. The maximum absolute atomic E-state index is 3.19. The van der Waals surface area contributed by atoms with E-state index in [2.05, 4.69) is 53.8 Å². The van der Waals surface area contributed by atoms with Crippen molar-refractivity contribution in [1.29, 1.82) is 0 Å². The summed E-state index contributed by atoms with van der Waals surface area (Å²) in [5, 5.41) is 3.19. The predicted molar refractivity (Wildman–Crippen MR) is 64.6 cm³/mol. The highest BCUT2D eigenvalue weighted by atomic mass is 14.8. The molecule has 0 aliphatic carbocycles. The summed E-state index contributed by atoms with van der Waals surface area (Å²) in [6, 6.07) is 19.0. The molecule has 2 aromatic rings. The van der Waals surface area contributed by atoms with Crippen LogP contribution >= 0.6 is 0 Å². The average molecular weight is 197 g/mol. The first-order valence-corrected chi connectivity index (χ1v) is 5.20. The Morgan fingerprint density at radius 3 is 2.27 bits per heavy atom. The van der Waals surface area contributed by atoms with Gasteiger partial charge in [0.2, 0.25) is 0 Å². The Balaban J connectivity index is 2.43. The minimum Gasteiger partial charge on any atom is -0.316 e. The third-order valence-electron chi connectivity index (χ3n) is 2.47. The number of benzene rings is 2. The minimum absolute atomic E-state index is 0.908. The fourth-order valence-corrected chi connectivity index (χ4v) is 1.76. The van der Waals surface area contributed by atoms with Gasteiger partial charge in [0.05, 0.1) is 0 Å². The number of rotatable bonds is 3. The number of hydrogen-bond donors (Lipinski definition) is 1. The van der Waals surface area contributed by atoms with Gasteiger partial charge >= 0.3 is 0 Å². The van der Waals surface area contributed by atoms with Gasteiger partial charge in [-0.15, -0.1) is 0 Å². The van der Waals surface area contributed by atoms with Crippen molar-refractivity contribution in [3.05, 3.63) is 60.2 Å². The molecule has 0 amide bonds. The summed E-state index contributed by atoms with van der Waals surface area (Å²) in [7, 11) is 1.97. The van der Waals surface area contributed by atoms with Gasteiger partial charge in [-0.1, -0.05) is 54.6 Å². The van der Waals surface area contributed by atoms with Gasteiger partial charge in [-0.3, -0.25) is 0 Å². The topological polar surface area (TPSA) is 12.0 Å². The molecule has 0 atom stereocenters. The maximum atomic E-state index is 3.19.